The number of pyridine rings is 1. The molecular weight excluding hydrogens is 324 g/mol. The second-order valence-corrected chi connectivity index (χ2v) is 7.00. The van der Waals surface area contributed by atoms with Crippen LogP contribution in [0.1, 0.15) is 5.56 Å². The molecule has 0 spiro atoms. The Balaban J connectivity index is 2.22. The number of benzene rings is 1. The van der Waals surface area contributed by atoms with Crippen LogP contribution in [0.2, 0.25) is 5.02 Å². The van der Waals surface area contributed by atoms with E-state index < -0.39 is 10.0 Å². The van der Waals surface area contributed by atoms with Gasteiger partial charge in [0.1, 0.15) is 0 Å². The van der Waals surface area contributed by atoms with Crippen molar-refractivity contribution in [3.8, 4) is 5.75 Å². The van der Waals surface area contributed by atoms with Gasteiger partial charge in [0.05, 0.1) is 23.2 Å². The lowest BCUT2D eigenvalue weighted by Crippen LogP contribution is -2.12. The summed E-state index contributed by atoms with van der Waals surface area (Å²) in [6.07, 6.45) is 2.85. The lowest BCUT2D eigenvalue weighted by atomic mass is 10.2. The monoisotopic (exact) mass is 336 g/mol. The van der Waals surface area contributed by atoms with E-state index in [1.165, 1.54) is 19.5 Å². The molecule has 0 aliphatic carbocycles. The Morgan fingerprint density at radius 2 is 1.86 bits per heavy atom. The van der Waals surface area contributed by atoms with Crippen LogP contribution in [-0.2, 0) is 10.0 Å². The van der Waals surface area contributed by atoms with E-state index in [-0.39, 0.29) is 10.5 Å². The van der Waals surface area contributed by atoms with Crippen molar-refractivity contribution in [1.82, 2.24) is 8.96 Å². The number of nitrogens with zero attached hydrogens (tertiary/aromatic N) is 2. The Morgan fingerprint density at radius 1 is 1.18 bits per heavy atom. The summed E-state index contributed by atoms with van der Waals surface area (Å²) >= 11 is 6.20. The van der Waals surface area contributed by atoms with Gasteiger partial charge in [0.25, 0.3) is 10.0 Å². The van der Waals surface area contributed by atoms with Gasteiger partial charge in [-0.2, -0.15) is 0 Å². The van der Waals surface area contributed by atoms with Gasteiger partial charge in [-0.05, 0) is 25.1 Å². The third kappa shape index (κ3) is 2.24. The van der Waals surface area contributed by atoms with Crippen molar-refractivity contribution in [1.29, 1.82) is 0 Å². The van der Waals surface area contributed by atoms with Crippen LogP contribution >= 0.6 is 11.6 Å². The van der Waals surface area contributed by atoms with E-state index in [1.54, 1.807) is 30.3 Å². The highest BCUT2D eigenvalue weighted by atomic mass is 35.5. The molecule has 0 fully saturated rings. The maximum Gasteiger partial charge on any atom is 0.269 e. The standard InChI is InChI=1S/C15H13ClN2O3S/c1-10-3-5-11(6-4-10)22(19,20)18-8-7-12-14(16)13(21-2)9-17-15(12)18/h3-9H,1-2H3. The molecule has 0 N–H and O–H groups in total. The van der Waals surface area contributed by atoms with Gasteiger partial charge in [-0.1, -0.05) is 29.3 Å². The molecular formula is C15H13ClN2O3S. The lowest BCUT2D eigenvalue weighted by Gasteiger charge is -2.08. The number of hydrogen-bond donors (Lipinski definition) is 0. The van der Waals surface area contributed by atoms with Crippen LogP contribution in [0.3, 0.4) is 0 Å². The first-order valence-electron chi connectivity index (χ1n) is 6.47. The third-order valence-electron chi connectivity index (χ3n) is 3.38. The van der Waals surface area contributed by atoms with Crippen LogP contribution in [-0.4, -0.2) is 24.5 Å². The van der Waals surface area contributed by atoms with Crippen molar-refractivity contribution < 1.29 is 13.2 Å². The molecule has 3 aromatic rings. The minimum Gasteiger partial charge on any atom is -0.494 e. The summed E-state index contributed by atoms with van der Waals surface area (Å²) in [5.41, 5.74) is 1.26. The van der Waals surface area contributed by atoms with Gasteiger partial charge < -0.3 is 4.74 Å². The van der Waals surface area contributed by atoms with Crippen molar-refractivity contribution in [3.63, 3.8) is 0 Å². The molecule has 2 heterocycles. The smallest absolute Gasteiger partial charge is 0.269 e. The molecule has 7 heteroatoms. The first-order valence-corrected chi connectivity index (χ1v) is 8.29. The van der Waals surface area contributed by atoms with Crippen LogP contribution in [0.5, 0.6) is 5.75 Å². The maximum atomic E-state index is 12.7. The molecule has 2 aromatic heterocycles. The van der Waals surface area contributed by atoms with E-state index in [2.05, 4.69) is 4.98 Å². The number of ether oxygens (including phenoxy) is 1. The zero-order valence-electron chi connectivity index (χ0n) is 11.9. The minimum absolute atomic E-state index is 0.198. The highest BCUT2D eigenvalue weighted by molar-refractivity contribution is 7.90. The highest BCUT2D eigenvalue weighted by Crippen LogP contribution is 2.32. The van der Waals surface area contributed by atoms with Crippen molar-refractivity contribution in [2.75, 3.05) is 7.11 Å². The minimum atomic E-state index is -3.72. The van der Waals surface area contributed by atoms with Gasteiger partial charge in [0, 0.05) is 11.6 Å². The van der Waals surface area contributed by atoms with Crippen LogP contribution < -0.4 is 4.74 Å². The van der Waals surface area contributed by atoms with Crippen LogP contribution in [0.25, 0.3) is 11.0 Å². The Kier molecular flexibility index (Phi) is 3.58. The van der Waals surface area contributed by atoms with Crippen LogP contribution in [0.4, 0.5) is 0 Å². The first-order chi connectivity index (χ1) is 10.4. The van der Waals surface area contributed by atoms with Crippen molar-refractivity contribution >= 4 is 32.7 Å². The van der Waals surface area contributed by atoms with E-state index in [0.717, 1.165) is 9.54 Å². The molecule has 0 aliphatic heterocycles. The fourth-order valence-corrected chi connectivity index (χ4v) is 3.75. The Bertz CT molecular complexity index is 947. The highest BCUT2D eigenvalue weighted by Gasteiger charge is 2.21. The van der Waals surface area contributed by atoms with Crippen molar-refractivity contribution in [3.05, 3.63) is 53.3 Å². The molecule has 0 saturated heterocycles. The van der Waals surface area contributed by atoms with E-state index in [9.17, 15) is 8.42 Å². The van der Waals surface area contributed by atoms with E-state index in [1.807, 2.05) is 6.92 Å². The topological polar surface area (TPSA) is 61.2 Å². The molecule has 0 aliphatic rings. The Hall–Kier alpha value is -2.05. The van der Waals surface area contributed by atoms with Gasteiger partial charge in [-0.25, -0.2) is 17.4 Å². The number of aryl methyl sites for hydroxylation is 1. The molecule has 22 heavy (non-hydrogen) atoms. The molecule has 3 rings (SSSR count). The summed E-state index contributed by atoms with van der Waals surface area (Å²) in [5, 5.41) is 0.863. The molecule has 0 saturated carbocycles. The van der Waals surface area contributed by atoms with Crippen molar-refractivity contribution in [2.24, 2.45) is 0 Å². The fourth-order valence-electron chi connectivity index (χ4n) is 2.17. The summed E-state index contributed by atoms with van der Waals surface area (Å²) in [7, 11) is -2.24. The lowest BCUT2D eigenvalue weighted by molar-refractivity contribution is 0.414. The molecule has 1 aromatic carbocycles. The molecule has 0 unspecified atom stereocenters. The Morgan fingerprint density at radius 3 is 2.50 bits per heavy atom. The molecule has 0 radical (unpaired) electrons. The normalized spacial score (nSPS) is 11.8. The van der Waals surface area contributed by atoms with Crippen LogP contribution in [0, 0.1) is 6.92 Å². The first kappa shape index (κ1) is 14.9. The van der Waals surface area contributed by atoms with E-state index >= 15 is 0 Å². The number of hydrogen-bond acceptors (Lipinski definition) is 4. The van der Waals surface area contributed by atoms with E-state index in [4.69, 9.17) is 16.3 Å². The molecule has 5 nitrogen and oxygen atoms in total. The summed E-state index contributed by atoms with van der Waals surface area (Å²) in [6.45, 7) is 1.90. The average molecular weight is 337 g/mol. The van der Waals surface area contributed by atoms with Crippen LogP contribution in [0.15, 0.2) is 47.6 Å². The number of halogens is 1. The van der Waals surface area contributed by atoms with E-state index in [0.29, 0.717) is 16.2 Å². The van der Waals surface area contributed by atoms with Gasteiger partial charge in [-0.3, -0.25) is 0 Å². The maximum absolute atomic E-state index is 12.7. The largest absolute Gasteiger partial charge is 0.494 e. The number of rotatable bonds is 3. The predicted molar refractivity (Wildman–Crippen MR) is 85.1 cm³/mol. The summed E-state index contributed by atoms with van der Waals surface area (Å²) in [6, 6.07) is 8.26. The fraction of sp³-hybridized carbons (Fsp3) is 0.133. The Labute approximate surface area is 133 Å². The third-order valence-corrected chi connectivity index (χ3v) is 5.45. The molecule has 114 valence electrons. The zero-order chi connectivity index (χ0) is 15.9. The summed E-state index contributed by atoms with van der Waals surface area (Å²) in [5.74, 6) is 0.402. The number of methoxy groups -OCH3 is 1. The predicted octanol–water partition coefficient (Wildman–Crippen LogP) is 3.24. The van der Waals surface area contributed by atoms with Gasteiger partial charge in [-0.15, -0.1) is 0 Å². The van der Waals surface area contributed by atoms with Gasteiger partial charge in [0.2, 0.25) is 0 Å². The molecule has 0 bridgehead atoms. The SMILES string of the molecule is COc1cnc2c(ccn2S(=O)(=O)c2ccc(C)cc2)c1Cl. The second-order valence-electron chi connectivity index (χ2n) is 4.81. The molecule has 0 amide bonds. The van der Waals surface area contributed by atoms with Crippen molar-refractivity contribution in [2.45, 2.75) is 11.8 Å². The summed E-state index contributed by atoms with van der Waals surface area (Å²) < 4.78 is 31.7. The quantitative estimate of drug-likeness (QED) is 0.736. The molecule has 0 atom stereocenters. The number of fused-ring (bicyclic) bond motifs is 1. The summed E-state index contributed by atoms with van der Waals surface area (Å²) in [4.78, 5) is 4.35. The second kappa shape index (κ2) is 5.30. The van der Waals surface area contributed by atoms with Gasteiger partial charge in [0.15, 0.2) is 11.4 Å². The van der Waals surface area contributed by atoms with Gasteiger partial charge >= 0.3 is 0 Å². The average Bonchev–Trinajstić information content (AvgIpc) is 2.94. The zero-order valence-corrected chi connectivity index (χ0v) is 13.5. The number of aromatic nitrogens is 2.